The minimum Gasteiger partial charge on any atom is -0.464 e. The van der Waals surface area contributed by atoms with E-state index in [4.69, 9.17) is 10.5 Å². The summed E-state index contributed by atoms with van der Waals surface area (Å²) in [4.78, 5) is 12.4. The van der Waals surface area contributed by atoms with E-state index in [2.05, 4.69) is 37.2 Å². The molecule has 0 spiro atoms. The molecule has 9 heteroatoms. The van der Waals surface area contributed by atoms with Crippen LogP contribution >= 0.6 is 31.9 Å². The fraction of sp³-hybridized carbons (Fsp3) is 0.400. The van der Waals surface area contributed by atoms with Gasteiger partial charge >= 0.3 is 5.97 Å². The summed E-state index contributed by atoms with van der Waals surface area (Å²) < 4.78 is 8.12. The number of aliphatic hydroxyl groups is 1. The van der Waals surface area contributed by atoms with Gasteiger partial charge in [-0.1, -0.05) is 15.9 Å². The smallest absolute Gasteiger partial charge is 0.357 e. The number of hydrogen-bond donors (Lipinski definition) is 3. The Morgan fingerprint density at radius 3 is 2.69 bits per heavy atom. The van der Waals surface area contributed by atoms with Gasteiger partial charge in [0.1, 0.15) is 6.07 Å². The number of anilines is 1. The summed E-state index contributed by atoms with van der Waals surface area (Å²) in [6.07, 6.45) is 4.74. The van der Waals surface area contributed by atoms with E-state index in [-0.39, 0.29) is 23.0 Å². The van der Waals surface area contributed by atoms with Crippen LogP contribution in [0.4, 0.5) is 5.69 Å². The van der Waals surface area contributed by atoms with E-state index in [1.807, 2.05) is 18.2 Å². The fourth-order valence-corrected chi connectivity index (χ4v) is 5.15. The number of carbonyl (C=O) groups excluding carboxylic acids is 1. The summed E-state index contributed by atoms with van der Waals surface area (Å²) in [5.74, 6) is -0.612. The summed E-state index contributed by atoms with van der Waals surface area (Å²) in [6.45, 7) is 0.550. The molecule has 0 unspecified atom stereocenters. The quantitative estimate of drug-likeness (QED) is 0.513. The van der Waals surface area contributed by atoms with Gasteiger partial charge in [0.25, 0.3) is 0 Å². The van der Waals surface area contributed by atoms with Gasteiger partial charge in [0, 0.05) is 27.7 Å². The number of nitrogens with two attached hydrogens (primary N) is 1. The van der Waals surface area contributed by atoms with E-state index in [1.54, 1.807) is 10.8 Å². The highest BCUT2D eigenvalue weighted by molar-refractivity contribution is 9.11. The molecule has 0 atom stereocenters. The molecule has 1 aliphatic rings. The van der Waals surface area contributed by atoms with Gasteiger partial charge in [-0.3, -0.25) is 0 Å². The van der Waals surface area contributed by atoms with Gasteiger partial charge in [0.15, 0.2) is 5.69 Å². The molecule has 1 fully saturated rings. The molecule has 1 aromatic carbocycles. The van der Waals surface area contributed by atoms with E-state index >= 15 is 0 Å². The highest BCUT2D eigenvalue weighted by Gasteiger charge is 2.25. The van der Waals surface area contributed by atoms with Gasteiger partial charge in [-0.05, 0) is 59.3 Å². The molecule has 154 valence electrons. The number of aliphatic hydroxyl groups excluding tert-OH is 1. The Hall–Kier alpha value is -1.86. The average molecular weight is 526 g/mol. The van der Waals surface area contributed by atoms with E-state index < -0.39 is 5.97 Å². The number of methoxy groups -OCH3 is 1. The first-order chi connectivity index (χ1) is 13.8. The summed E-state index contributed by atoms with van der Waals surface area (Å²) in [7, 11) is 1.28. The molecule has 29 heavy (non-hydrogen) atoms. The first-order valence-electron chi connectivity index (χ1n) is 9.24. The maximum absolute atomic E-state index is 12.4. The number of nitrogens with one attached hydrogen (secondary N) is 1. The largest absolute Gasteiger partial charge is 0.464 e. The van der Waals surface area contributed by atoms with Crippen molar-refractivity contribution in [3.8, 4) is 11.8 Å². The zero-order chi connectivity index (χ0) is 21.1. The number of rotatable bonds is 5. The third kappa shape index (κ3) is 4.67. The molecule has 0 radical (unpaired) electrons. The summed E-state index contributed by atoms with van der Waals surface area (Å²) in [5.41, 5.74) is 8.11. The number of nitrogen functional groups attached to an aromatic ring is 1. The number of nitrogens with zero attached hydrogens (tertiary/aromatic N) is 2. The Morgan fingerprint density at radius 2 is 2.07 bits per heavy atom. The highest BCUT2D eigenvalue weighted by atomic mass is 79.9. The van der Waals surface area contributed by atoms with Crippen LogP contribution in [-0.4, -0.2) is 34.9 Å². The molecule has 0 saturated heterocycles. The van der Waals surface area contributed by atoms with Crippen LogP contribution in [0.25, 0.3) is 5.69 Å². The third-order valence-electron chi connectivity index (χ3n) is 5.17. The van der Waals surface area contributed by atoms with E-state index in [9.17, 15) is 15.2 Å². The Morgan fingerprint density at radius 1 is 1.38 bits per heavy atom. The molecular weight excluding hydrogens is 504 g/mol. The Kier molecular flexibility index (Phi) is 7.01. The Labute approximate surface area is 186 Å². The van der Waals surface area contributed by atoms with Crippen LogP contribution in [0.5, 0.6) is 0 Å². The van der Waals surface area contributed by atoms with Crippen molar-refractivity contribution in [2.75, 3.05) is 12.8 Å². The summed E-state index contributed by atoms with van der Waals surface area (Å²) >= 11 is 7.10. The van der Waals surface area contributed by atoms with Crippen molar-refractivity contribution < 1.29 is 14.6 Å². The van der Waals surface area contributed by atoms with Crippen LogP contribution in [0.2, 0.25) is 0 Å². The molecule has 2 aromatic rings. The number of esters is 1. The lowest BCUT2D eigenvalue weighted by Crippen LogP contribution is -2.34. The predicted molar refractivity (Wildman–Crippen MR) is 117 cm³/mol. The second-order valence-corrected chi connectivity index (χ2v) is 8.83. The van der Waals surface area contributed by atoms with Gasteiger partial charge in [-0.25, -0.2) is 4.79 Å². The van der Waals surface area contributed by atoms with Crippen molar-refractivity contribution in [1.82, 2.24) is 9.88 Å². The first kappa shape index (κ1) is 21.8. The Bertz CT molecular complexity index is 960. The van der Waals surface area contributed by atoms with Crippen LogP contribution in [0.15, 0.2) is 27.3 Å². The molecule has 3 rings (SSSR count). The van der Waals surface area contributed by atoms with Gasteiger partial charge in [0.2, 0.25) is 0 Å². The first-order valence-corrected chi connectivity index (χ1v) is 10.8. The lowest BCUT2D eigenvalue weighted by molar-refractivity contribution is 0.0593. The third-order valence-corrected chi connectivity index (χ3v) is 6.23. The molecule has 1 saturated carbocycles. The number of carbonyl (C=O) groups is 1. The normalized spacial score (nSPS) is 19.0. The number of hydrogen-bond acceptors (Lipinski definition) is 6. The standard InChI is InChI=1S/C20H22Br2N4O3/c1-29-20(28)19-17(24)12(8-23)10-26(19)18-11(6-13(21)7-16(18)22)9-25-14-2-4-15(27)5-3-14/h6-7,10,14-15,25,27H,2-5,9,24H2,1H3. The van der Waals surface area contributed by atoms with Crippen LogP contribution in [-0.2, 0) is 11.3 Å². The average Bonchev–Trinajstić information content (AvgIpc) is 3.02. The molecule has 7 nitrogen and oxygen atoms in total. The van der Waals surface area contributed by atoms with Crippen molar-refractivity contribution in [1.29, 1.82) is 5.26 Å². The van der Waals surface area contributed by atoms with Crippen molar-refractivity contribution >= 4 is 43.5 Å². The molecule has 0 amide bonds. The van der Waals surface area contributed by atoms with E-state index in [0.717, 1.165) is 40.2 Å². The maximum atomic E-state index is 12.4. The van der Waals surface area contributed by atoms with Crippen LogP contribution in [0.1, 0.15) is 47.3 Å². The van der Waals surface area contributed by atoms with Crippen molar-refractivity contribution in [3.05, 3.63) is 44.1 Å². The van der Waals surface area contributed by atoms with Gasteiger partial charge in [-0.2, -0.15) is 5.26 Å². The number of halogens is 2. The summed E-state index contributed by atoms with van der Waals surface area (Å²) in [5, 5.41) is 22.6. The minimum atomic E-state index is -0.612. The zero-order valence-electron chi connectivity index (χ0n) is 15.9. The SMILES string of the molecule is COC(=O)c1c(N)c(C#N)cn1-c1c(Br)cc(Br)cc1CNC1CCC(O)CC1. The van der Waals surface area contributed by atoms with E-state index in [1.165, 1.54) is 7.11 Å². The maximum Gasteiger partial charge on any atom is 0.357 e. The molecule has 1 aromatic heterocycles. The van der Waals surface area contributed by atoms with E-state index in [0.29, 0.717) is 18.3 Å². The second kappa shape index (κ2) is 9.30. The monoisotopic (exact) mass is 524 g/mol. The van der Waals surface area contributed by atoms with Crippen molar-refractivity contribution in [2.45, 2.75) is 44.4 Å². The topological polar surface area (TPSA) is 113 Å². The zero-order valence-corrected chi connectivity index (χ0v) is 19.1. The van der Waals surface area contributed by atoms with Crippen molar-refractivity contribution in [2.24, 2.45) is 0 Å². The molecule has 0 bridgehead atoms. The number of benzene rings is 1. The molecule has 1 aliphatic carbocycles. The number of aromatic nitrogens is 1. The van der Waals surface area contributed by atoms with Crippen LogP contribution < -0.4 is 11.1 Å². The summed E-state index contributed by atoms with van der Waals surface area (Å²) in [6, 6.07) is 6.18. The van der Waals surface area contributed by atoms with Gasteiger partial charge in [-0.15, -0.1) is 0 Å². The Balaban J connectivity index is 2.02. The molecular formula is C20H22Br2N4O3. The lowest BCUT2D eigenvalue weighted by Gasteiger charge is -2.27. The number of ether oxygens (including phenoxy) is 1. The van der Waals surface area contributed by atoms with Crippen LogP contribution in [0.3, 0.4) is 0 Å². The van der Waals surface area contributed by atoms with Gasteiger partial charge in [0.05, 0.1) is 30.2 Å². The molecule has 4 N–H and O–H groups in total. The second-order valence-electron chi connectivity index (χ2n) is 7.06. The molecule has 0 aliphatic heterocycles. The fourth-order valence-electron chi connectivity index (χ4n) is 3.65. The predicted octanol–water partition coefficient (Wildman–Crippen LogP) is 3.64. The number of nitriles is 1. The van der Waals surface area contributed by atoms with Crippen LogP contribution in [0, 0.1) is 11.3 Å². The highest BCUT2D eigenvalue weighted by Crippen LogP contribution is 2.34. The van der Waals surface area contributed by atoms with Gasteiger partial charge < -0.3 is 25.5 Å². The van der Waals surface area contributed by atoms with Crippen molar-refractivity contribution in [3.63, 3.8) is 0 Å². The lowest BCUT2D eigenvalue weighted by atomic mass is 9.93. The minimum absolute atomic E-state index is 0.0920. The molecule has 1 heterocycles.